The van der Waals surface area contributed by atoms with Crippen LogP contribution in [0.1, 0.15) is 45.1 Å². The smallest absolute Gasteiger partial charge is 0.258 e. The minimum atomic E-state index is -3.42. The average Bonchev–Trinajstić information content (AvgIpc) is 2.38. The number of benzene rings is 1. The van der Waals surface area contributed by atoms with E-state index >= 15 is 0 Å². The number of nitrogens with zero attached hydrogens (tertiary/aromatic N) is 1. The van der Waals surface area contributed by atoms with E-state index in [2.05, 4.69) is 11.6 Å². The van der Waals surface area contributed by atoms with E-state index in [4.69, 9.17) is 0 Å². The van der Waals surface area contributed by atoms with Crippen molar-refractivity contribution >= 4 is 15.7 Å². The molecule has 0 aliphatic rings. The van der Waals surface area contributed by atoms with Crippen LogP contribution in [0.4, 0.5) is 5.69 Å². The van der Waals surface area contributed by atoms with E-state index in [9.17, 15) is 18.5 Å². The predicted octanol–water partition coefficient (Wildman–Crippen LogP) is 2.98. The van der Waals surface area contributed by atoms with Crippen LogP contribution in [0.2, 0.25) is 0 Å². The number of nitro benzene ring substituents is 1. The summed E-state index contributed by atoms with van der Waals surface area (Å²) >= 11 is 0. The second-order valence-corrected chi connectivity index (χ2v) is 6.95. The van der Waals surface area contributed by atoms with Crippen molar-refractivity contribution < 1.29 is 13.3 Å². The molecule has 6 nitrogen and oxygen atoms in total. The molecule has 0 amide bonds. The Hall–Kier alpha value is -1.47. The maximum absolute atomic E-state index is 12.0. The van der Waals surface area contributed by atoms with E-state index < -0.39 is 14.9 Å². The third-order valence-electron chi connectivity index (χ3n) is 3.13. The topological polar surface area (TPSA) is 89.3 Å². The number of nitro groups is 1. The van der Waals surface area contributed by atoms with Crippen LogP contribution in [0.5, 0.6) is 0 Å². The van der Waals surface area contributed by atoms with Crippen molar-refractivity contribution in [3.05, 3.63) is 39.9 Å². The molecular formula is C14H22N2O4S. The summed E-state index contributed by atoms with van der Waals surface area (Å²) in [5.74, 6) is -0.164. The van der Waals surface area contributed by atoms with Gasteiger partial charge in [0.25, 0.3) is 5.69 Å². The summed E-state index contributed by atoms with van der Waals surface area (Å²) in [6.45, 7) is 3.95. The van der Waals surface area contributed by atoms with Gasteiger partial charge in [-0.25, -0.2) is 13.1 Å². The molecule has 0 bridgehead atoms. The molecule has 1 atom stereocenters. The summed E-state index contributed by atoms with van der Waals surface area (Å²) in [5, 5.41) is 10.5. The van der Waals surface area contributed by atoms with Crippen molar-refractivity contribution in [3.8, 4) is 0 Å². The van der Waals surface area contributed by atoms with Gasteiger partial charge in [-0.05, 0) is 18.9 Å². The molecule has 0 radical (unpaired) electrons. The Bertz CT molecular complexity index is 555. The van der Waals surface area contributed by atoms with Gasteiger partial charge in [-0.2, -0.15) is 0 Å². The number of hydrogen-bond acceptors (Lipinski definition) is 4. The highest BCUT2D eigenvalue weighted by Crippen LogP contribution is 2.14. The molecule has 0 aliphatic heterocycles. The predicted molar refractivity (Wildman–Crippen MR) is 82.5 cm³/mol. The Morgan fingerprint density at radius 2 is 1.86 bits per heavy atom. The van der Waals surface area contributed by atoms with Crippen molar-refractivity contribution in [2.24, 2.45) is 0 Å². The molecule has 0 saturated carbocycles. The van der Waals surface area contributed by atoms with Crippen LogP contribution in [0.25, 0.3) is 0 Å². The number of unbranched alkanes of at least 4 members (excludes halogenated alkanes) is 2. The number of sulfonamides is 1. The maximum Gasteiger partial charge on any atom is 0.269 e. The van der Waals surface area contributed by atoms with Gasteiger partial charge >= 0.3 is 0 Å². The zero-order valence-corrected chi connectivity index (χ0v) is 13.2. The fraction of sp³-hybridized carbons (Fsp3) is 0.571. The summed E-state index contributed by atoms with van der Waals surface area (Å²) in [4.78, 5) is 10.0. The average molecular weight is 314 g/mol. The van der Waals surface area contributed by atoms with Crippen LogP contribution in [-0.4, -0.2) is 19.4 Å². The Kier molecular flexibility index (Phi) is 6.77. The van der Waals surface area contributed by atoms with Gasteiger partial charge in [-0.3, -0.25) is 10.1 Å². The summed E-state index contributed by atoms with van der Waals surface area (Å²) in [6, 6.07) is 5.48. The Balaban J connectivity index is 2.57. The van der Waals surface area contributed by atoms with Gasteiger partial charge < -0.3 is 0 Å². The standard InChI is InChI=1S/C14H22N2O4S/c1-3-4-5-6-12(2)15-21(19,20)11-13-7-9-14(10-8-13)16(17)18/h7-10,12,15H,3-6,11H2,1-2H3/t12-/m1/s1. The van der Waals surface area contributed by atoms with Crippen LogP contribution in [0.3, 0.4) is 0 Å². The van der Waals surface area contributed by atoms with E-state index in [1.807, 2.05) is 6.92 Å². The molecule has 0 heterocycles. The normalized spacial score (nSPS) is 13.0. The minimum absolute atomic E-state index is 0.0444. The van der Waals surface area contributed by atoms with E-state index in [0.29, 0.717) is 5.56 Å². The lowest BCUT2D eigenvalue weighted by Gasteiger charge is -2.14. The Morgan fingerprint density at radius 3 is 2.38 bits per heavy atom. The van der Waals surface area contributed by atoms with E-state index in [0.717, 1.165) is 25.7 Å². The maximum atomic E-state index is 12.0. The Morgan fingerprint density at radius 1 is 1.24 bits per heavy atom. The molecule has 1 N–H and O–H groups in total. The molecule has 0 unspecified atom stereocenters. The van der Waals surface area contributed by atoms with Gasteiger partial charge in [-0.1, -0.05) is 38.3 Å². The molecule has 0 aromatic heterocycles. The lowest BCUT2D eigenvalue weighted by molar-refractivity contribution is -0.384. The van der Waals surface area contributed by atoms with Gasteiger partial charge in [0, 0.05) is 18.2 Å². The SMILES string of the molecule is CCCCC[C@@H](C)NS(=O)(=O)Cc1ccc([N+](=O)[O-])cc1. The molecule has 21 heavy (non-hydrogen) atoms. The first kappa shape index (κ1) is 17.6. The molecule has 1 aromatic carbocycles. The van der Waals surface area contributed by atoms with Crippen LogP contribution in [0, 0.1) is 10.1 Å². The highest BCUT2D eigenvalue weighted by atomic mass is 32.2. The van der Waals surface area contributed by atoms with Gasteiger partial charge in [0.2, 0.25) is 10.0 Å². The molecule has 0 aliphatic carbocycles. The number of non-ortho nitro benzene ring substituents is 1. The minimum Gasteiger partial charge on any atom is -0.258 e. The number of rotatable bonds is 9. The summed E-state index contributed by atoms with van der Waals surface area (Å²) in [7, 11) is -3.42. The van der Waals surface area contributed by atoms with Gasteiger partial charge in [0.05, 0.1) is 10.7 Å². The molecule has 0 saturated heterocycles. The van der Waals surface area contributed by atoms with E-state index in [-0.39, 0.29) is 17.5 Å². The first-order valence-electron chi connectivity index (χ1n) is 7.07. The molecule has 118 valence electrons. The summed E-state index contributed by atoms with van der Waals surface area (Å²) < 4.78 is 26.7. The Labute approximate surface area is 125 Å². The lowest BCUT2D eigenvalue weighted by atomic mass is 10.1. The first-order valence-corrected chi connectivity index (χ1v) is 8.72. The fourth-order valence-electron chi connectivity index (χ4n) is 2.04. The third-order valence-corrected chi connectivity index (χ3v) is 4.60. The van der Waals surface area contributed by atoms with Crippen LogP contribution in [-0.2, 0) is 15.8 Å². The van der Waals surface area contributed by atoms with Crippen molar-refractivity contribution in [3.63, 3.8) is 0 Å². The monoisotopic (exact) mass is 314 g/mol. The molecule has 0 fully saturated rings. The molecule has 0 spiro atoms. The second kappa shape index (κ2) is 8.09. The van der Waals surface area contributed by atoms with Gasteiger partial charge in [-0.15, -0.1) is 0 Å². The number of nitrogens with one attached hydrogen (secondary N) is 1. The third kappa shape index (κ3) is 6.68. The van der Waals surface area contributed by atoms with Crippen LogP contribution in [0.15, 0.2) is 24.3 Å². The zero-order chi connectivity index (χ0) is 15.9. The lowest BCUT2D eigenvalue weighted by Crippen LogP contribution is -2.33. The highest BCUT2D eigenvalue weighted by Gasteiger charge is 2.15. The second-order valence-electron chi connectivity index (χ2n) is 5.20. The van der Waals surface area contributed by atoms with Crippen LogP contribution >= 0.6 is 0 Å². The largest absolute Gasteiger partial charge is 0.269 e. The summed E-state index contributed by atoms with van der Waals surface area (Å²) in [6.07, 6.45) is 4.00. The highest BCUT2D eigenvalue weighted by molar-refractivity contribution is 7.88. The quantitative estimate of drug-likeness (QED) is 0.431. The molecular weight excluding hydrogens is 292 g/mol. The zero-order valence-electron chi connectivity index (χ0n) is 12.4. The van der Waals surface area contributed by atoms with Crippen LogP contribution < -0.4 is 4.72 Å². The van der Waals surface area contributed by atoms with Gasteiger partial charge in [0.15, 0.2) is 0 Å². The fourth-order valence-corrected chi connectivity index (χ4v) is 3.49. The summed E-state index contributed by atoms with van der Waals surface area (Å²) in [5.41, 5.74) is 0.492. The van der Waals surface area contributed by atoms with Gasteiger partial charge in [0.1, 0.15) is 0 Å². The molecule has 1 aromatic rings. The molecule has 7 heteroatoms. The van der Waals surface area contributed by atoms with E-state index in [1.165, 1.54) is 24.3 Å². The number of hydrogen-bond donors (Lipinski definition) is 1. The molecule has 1 rings (SSSR count). The first-order chi connectivity index (χ1) is 9.84. The van der Waals surface area contributed by atoms with Crippen molar-refractivity contribution in [2.75, 3.05) is 0 Å². The van der Waals surface area contributed by atoms with Crippen molar-refractivity contribution in [1.82, 2.24) is 4.72 Å². The van der Waals surface area contributed by atoms with Crippen molar-refractivity contribution in [2.45, 2.75) is 51.3 Å². The van der Waals surface area contributed by atoms with Crippen molar-refractivity contribution in [1.29, 1.82) is 0 Å². The van der Waals surface area contributed by atoms with E-state index in [1.54, 1.807) is 0 Å².